The number of hydrogen-bond acceptors (Lipinski definition) is 4. The minimum atomic E-state index is -0.960. The summed E-state index contributed by atoms with van der Waals surface area (Å²) in [6.45, 7) is 0.472. The van der Waals surface area contributed by atoms with Gasteiger partial charge < -0.3 is 15.8 Å². The van der Waals surface area contributed by atoms with Gasteiger partial charge in [-0.3, -0.25) is 5.84 Å². The Morgan fingerprint density at radius 1 is 1.15 bits per heavy atom. The lowest BCUT2D eigenvalue weighted by molar-refractivity contribution is 0.0697. The Morgan fingerprint density at radius 2 is 1.85 bits per heavy atom. The lowest BCUT2D eigenvalue weighted by atomic mass is 10.1. The van der Waals surface area contributed by atoms with Crippen LogP contribution in [0, 0.1) is 5.82 Å². The van der Waals surface area contributed by atoms with Crippen LogP contribution in [0.4, 0.5) is 15.8 Å². The number of nitrogens with two attached hydrogens (primary N) is 1. The fraction of sp³-hybridized carbons (Fsp3) is 0.0714. The highest BCUT2D eigenvalue weighted by Gasteiger charge is 2.04. The van der Waals surface area contributed by atoms with E-state index in [1.807, 2.05) is 0 Å². The number of halogens is 1. The van der Waals surface area contributed by atoms with E-state index in [2.05, 4.69) is 10.7 Å². The first-order valence-electron chi connectivity index (χ1n) is 5.92. The van der Waals surface area contributed by atoms with Gasteiger partial charge in [-0.25, -0.2) is 9.18 Å². The molecule has 0 spiro atoms. The van der Waals surface area contributed by atoms with Gasteiger partial charge in [-0.1, -0.05) is 12.1 Å². The molecule has 0 unspecified atom stereocenters. The number of aromatic carboxylic acids is 1. The molecular formula is C14H14FN3O2. The predicted molar refractivity (Wildman–Crippen MR) is 74.9 cm³/mol. The molecule has 0 fully saturated rings. The molecule has 0 aliphatic heterocycles. The molecule has 0 aliphatic carbocycles. The van der Waals surface area contributed by atoms with Gasteiger partial charge in [-0.15, -0.1) is 0 Å². The molecule has 0 bridgehead atoms. The number of hydrazine groups is 1. The van der Waals surface area contributed by atoms with E-state index in [1.165, 1.54) is 24.3 Å². The first-order chi connectivity index (χ1) is 9.60. The number of anilines is 2. The zero-order chi connectivity index (χ0) is 14.5. The van der Waals surface area contributed by atoms with Gasteiger partial charge in [-0.05, 0) is 29.8 Å². The number of nitrogen functional groups attached to an aromatic ring is 1. The molecule has 20 heavy (non-hydrogen) atoms. The minimum Gasteiger partial charge on any atom is -0.478 e. The van der Waals surface area contributed by atoms with Crippen LogP contribution in [0.15, 0.2) is 42.5 Å². The van der Waals surface area contributed by atoms with Crippen LogP contribution in [0.3, 0.4) is 0 Å². The van der Waals surface area contributed by atoms with Crippen molar-refractivity contribution in [2.45, 2.75) is 6.54 Å². The number of hydrogen-bond donors (Lipinski definition) is 4. The second-order valence-electron chi connectivity index (χ2n) is 4.19. The topological polar surface area (TPSA) is 87.4 Å². The molecule has 2 aromatic carbocycles. The third-order valence-electron chi connectivity index (χ3n) is 2.82. The largest absolute Gasteiger partial charge is 0.478 e. The first kappa shape index (κ1) is 13.8. The molecule has 0 amide bonds. The highest BCUT2D eigenvalue weighted by molar-refractivity contribution is 5.87. The Kier molecular flexibility index (Phi) is 4.17. The summed E-state index contributed by atoms with van der Waals surface area (Å²) in [7, 11) is 0. The third kappa shape index (κ3) is 3.24. The van der Waals surface area contributed by atoms with Crippen molar-refractivity contribution in [3.63, 3.8) is 0 Å². The summed E-state index contributed by atoms with van der Waals surface area (Å²) >= 11 is 0. The molecule has 5 nitrogen and oxygen atoms in total. The maximum Gasteiger partial charge on any atom is 0.335 e. The van der Waals surface area contributed by atoms with Crippen molar-refractivity contribution < 1.29 is 14.3 Å². The molecule has 6 heteroatoms. The van der Waals surface area contributed by atoms with Crippen LogP contribution in [-0.2, 0) is 6.54 Å². The van der Waals surface area contributed by atoms with Crippen LogP contribution in [0.5, 0.6) is 0 Å². The molecule has 0 heterocycles. The van der Waals surface area contributed by atoms with E-state index in [4.69, 9.17) is 10.9 Å². The Bertz CT molecular complexity index is 614. The minimum absolute atomic E-state index is 0.236. The molecule has 2 aromatic rings. The van der Waals surface area contributed by atoms with E-state index >= 15 is 0 Å². The van der Waals surface area contributed by atoms with E-state index in [0.29, 0.717) is 17.9 Å². The van der Waals surface area contributed by atoms with E-state index in [1.54, 1.807) is 18.2 Å². The van der Waals surface area contributed by atoms with E-state index in [9.17, 15) is 9.18 Å². The highest BCUT2D eigenvalue weighted by Crippen LogP contribution is 2.22. The normalized spacial score (nSPS) is 10.1. The third-order valence-corrected chi connectivity index (χ3v) is 2.82. The molecule has 0 aliphatic rings. The number of nitrogens with one attached hydrogen (secondary N) is 2. The summed E-state index contributed by atoms with van der Waals surface area (Å²) in [6, 6.07) is 10.7. The average molecular weight is 275 g/mol. The number of carboxylic acid groups (broad SMARTS) is 1. The van der Waals surface area contributed by atoms with Crippen molar-refractivity contribution in [2.75, 3.05) is 10.7 Å². The smallest absolute Gasteiger partial charge is 0.335 e. The SMILES string of the molecule is NNc1cc(F)ccc1NCc1ccc(C(=O)O)cc1. The summed E-state index contributed by atoms with van der Waals surface area (Å²) in [6.07, 6.45) is 0. The molecule has 0 saturated carbocycles. The fourth-order valence-corrected chi connectivity index (χ4v) is 1.75. The monoisotopic (exact) mass is 275 g/mol. The zero-order valence-corrected chi connectivity index (χ0v) is 10.6. The average Bonchev–Trinajstić information content (AvgIpc) is 2.46. The Labute approximate surface area is 115 Å². The molecule has 2 rings (SSSR count). The second-order valence-corrected chi connectivity index (χ2v) is 4.19. The molecule has 0 aromatic heterocycles. The number of rotatable bonds is 5. The van der Waals surface area contributed by atoms with Gasteiger partial charge in [0, 0.05) is 12.6 Å². The van der Waals surface area contributed by atoms with Gasteiger partial charge in [0.1, 0.15) is 5.82 Å². The molecular weight excluding hydrogens is 261 g/mol. The van der Waals surface area contributed by atoms with Crippen molar-refractivity contribution >= 4 is 17.3 Å². The Balaban J connectivity index is 2.06. The van der Waals surface area contributed by atoms with Crippen molar-refractivity contribution in [1.29, 1.82) is 0 Å². The summed E-state index contributed by atoms with van der Waals surface area (Å²) in [5, 5.41) is 11.9. The van der Waals surface area contributed by atoms with E-state index in [-0.39, 0.29) is 11.4 Å². The summed E-state index contributed by atoms with van der Waals surface area (Å²) < 4.78 is 13.0. The molecule has 0 saturated heterocycles. The first-order valence-corrected chi connectivity index (χ1v) is 5.92. The van der Waals surface area contributed by atoms with Crippen LogP contribution in [0.2, 0.25) is 0 Å². The molecule has 104 valence electrons. The maximum atomic E-state index is 13.0. The molecule has 5 N–H and O–H groups in total. The van der Waals surface area contributed by atoms with Crippen LogP contribution in [0.25, 0.3) is 0 Å². The predicted octanol–water partition coefficient (Wildman–Crippen LogP) is 2.42. The van der Waals surface area contributed by atoms with Gasteiger partial charge in [0.05, 0.1) is 16.9 Å². The number of carboxylic acids is 1. The van der Waals surface area contributed by atoms with Gasteiger partial charge in [0.2, 0.25) is 0 Å². The quantitative estimate of drug-likeness (QED) is 0.497. The molecule has 0 radical (unpaired) electrons. The van der Waals surface area contributed by atoms with Gasteiger partial charge in [0.25, 0.3) is 0 Å². The lowest BCUT2D eigenvalue weighted by Gasteiger charge is -2.11. The lowest BCUT2D eigenvalue weighted by Crippen LogP contribution is -2.10. The van der Waals surface area contributed by atoms with Gasteiger partial charge in [0.15, 0.2) is 0 Å². The second kappa shape index (κ2) is 6.03. The van der Waals surface area contributed by atoms with E-state index in [0.717, 1.165) is 5.56 Å². The van der Waals surface area contributed by atoms with Crippen molar-refractivity contribution in [3.8, 4) is 0 Å². The standard InChI is InChI=1S/C14H14FN3O2/c15-11-5-6-12(13(7-11)18-16)17-8-9-1-3-10(4-2-9)14(19)20/h1-7,17-18H,8,16H2,(H,19,20). The summed E-state index contributed by atoms with van der Waals surface area (Å²) in [5.74, 6) is 3.98. The summed E-state index contributed by atoms with van der Waals surface area (Å²) in [5.41, 5.74) is 4.67. The summed E-state index contributed by atoms with van der Waals surface area (Å²) in [4.78, 5) is 10.7. The maximum absolute atomic E-state index is 13.0. The number of benzene rings is 2. The van der Waals surface area contributed by atoms with Crippen molar-refractivity contribution in [1.82, 2.24) is 0 Å². The van der Waals surface area contributed by atoms with Crippen LogP contribution in [0.1, 0.15) is 15.9 Å². The fourth-order valence-electron chi connectivity index (χ4n) is 1.75. The Morgan fingerprint density at radius 3 is 2.45 bits per heavy atom. The highest BCUT2D eigenvalue weighted by atomic mass is 19.1. The van der Waals surface area contributed by atoms with Crippen LogP contribution >= 0.6 is 0 Å². The van der Waals surface area contributed by atoms with Crippen molar-refractivity contribution in [3.05, 3.63) is 59.4 Å². The van der Waals surface area contributed by atoms with Crippen LogP contribution in [-0.4, -0.2) is 11.1 Å². The number of carbonyl (C=O) groups is 1. The van der Waals surface area contributed by atoms with Crippen molar-refractivity contribution in [2.24, 2.45) is 5.84 Å². The van der Waals surface area contributed by atoms with E-state index < -0.39 is 5.97 Å². The van der Waals surface area contributed by atoms with Gasteiger partial charge in [-0.2, -0.15) is 0 Å². The van der Waals surface area contributed by atoms with Crippen LogP contribution < -0.4 is 16.6 Å². The Hall–Kier alpha value is -2.60. The van der Waals surface area contributed by atoms with Gasteiger partial charge >= 0.3 is 5.97 Å². The zero-order valence-electron chi connectivity index (χ0n) is 10.6. The molecule has 0 atom stereocenters.